The Balaban J connectivity index is 1.52. The van der Waals surface area contributed by atoms with E-state index in [-0.39, 0.29) is 18.0 Å². The Morgan fingerprint density at radius 2 is 2.08 bits per heavy atom. The van der Waals surface area contributed by atoms with Gasteiger partial charge in [0.2, 0.25) is 5.91 Å². The molecule has 3 aromatic rings. The van der Waals surface area contributed by atoms with Crippen molar-refractivity contribution < 1.29 is 14.3 Å². The summed E-state index contributed by atoms with van der Waals surface area (Å²) in [5.41, 5.74) is 7.79. The molecule has 0 aliphatic heterocycles. The third kappa shape index (κ3) is 3.74. The predicted octanol–water partition coefficient (Wildman–Crippen LogP) is -0.0510. The predicted molar refractivity (Wildman–Crippen MR) is 92.0 cm³/mol. The van der Waals surface area contributed by atoms with Gasteiger partial charge < -0.3 is 20.4 Å². The lowest BCUT2D eigenvalue weighted by atomic mass is 10.2. The van der Waals surface area contributed by atoms with Crippen molar-refractivity contribution in [3.8, 4) is 0 Å². The van der Waals surface area contributed by atoms with Gasteiger partial charge in [0.05, 0.1) is 19.9 Å². The van der Waals surface area contributed by atoms with E-state index in [9.17, 15) is 9.59 Å². The zero-order valence-electron chi connectivity index (χ0n) is 14.0. The van der Waals surface area contributed by atoms with Crippen molar-refractivity contribution in [1.29, 1.82) is 0 Å². The second-order valence-corrected chi connectivity index (χ2v) is 5.44. The maximum Gasteiger partial charge on any atom is 0.356 e. The molecule has 10 heteroatoms. The van der Waals surface area contributed by atoms with Crippen LogP contribution in [0.2, 0.25) is 0 Å². The van der Waals surface area contributed by atoms with Gasteiger partial charge in [0.1, 0.15) is 17.5 Å². The van der Waals surface area contributed by atoms with Crippen LogP contribution in [0, 0.1) is 0 Å². The number of carbonyl (C=O) groups is 2. The number of anilines is 1. The van der Waals surface area contributed by atoms with Gasteiger partial charge in [-0.2, -0.15) is 0 Å². The fourth-order valence-electron chi connectivity index (χ4n) is 2.38. The lowest BCUT2D eigenvalue weighted by Gasteiger charge is -2.07. The fourth-order valence-corrected chi connectivity index (χ4v) is 2.38. The van der Waals surface area contributed by atoms with Crippen molar-refractivity contribution in [1.82, 2.24) is 29.8 Å². The monoisotopic (exact) mass is 355 g/mol. The Morgan fingerprint density at radius 3 is 2.81 bits per heavy atom. The number of nitrogen functional groups attached to an aromatic ring is 1. The van der Waals surface area contributed by atoms with E-state index in [0.29, 0.717) is 35.6 Å². The number of nitrogens with one attached hydrogen (secondary N) is 1. The van der Waals surface area contributed by atoms with Crippen LogP contribution in [0.4, 0.5) is 5.82 Å². The van der Waals surface area contributed by atoms with Crippen LogP contribution in [-0.4, -0.2) is 50.0 Å². The SMILES string of the molecule is COC(=O)c1ccc(CC(=O)NCCn2cnc3c(N)ncnc32)cn1. The zero-order chi connectivity index (χ0) is 18.5. The number of esters is 1. The number of ether oxygens (including phenoxy) is 1. The van der Waals surface area contributed by atoms with Gasteiger partial charge in [0.15, 0.2) is 11.5 Å². The number of nitrogens with two attached hydrogens (primary N) is 1. The van der Waals surface area contributed by atoms with Gasteiger partial charge in [0, 0.05) is 19.3 Å². The van der Waals surface area contributed by atoms with Crippen LogP contribution >= 0.6 is 0 Å². The molecule has 0 atom stereocenters. The number of aromatic nitrogens is 5. The first-order valence-electron chi connectivity index (χ1n) is 7.79. The van der Waals surface area contributed by atoms with Crippen molar-refractivity contribution >= 4 is 28.9 Å². The fraction of sp³-hybridized carbons (Fsp3) is 0.250. The molecule has 26 heavy (non-hydrogen) atoms. The van der Waals surface area contributed by atoms with Gasteiger partial charge in [0.25, 0.3) is 0 Å². The van der Waals surface area contributed by atoms with Crippen molar-refractivity contribution in [2.75, 3.05) is 19.4 Å². The molecule has 10 nitrogen and oxygen atoms in total. The lowest BCUT2D eigenvalue weighted by molar-refractivity contribution is -0.120. The van der Waals surface area contributed by atoms with Gasteiger partial charge in [-0.15, -0.1) is 0 Å². The highest BCUT2D eigenvalue weighted by molar-refractivity contribution is 5.87. The van der Waals surface area contributed by atoms with Crippen LogP contribution in [0.5, 0.6) is 0 Å². The molecule has 0 saturated carbocycles. The highest BCUT2D eigenvalue weighted by Crippen LogP contribution is 2.13. The molecular formula is C16H17N7O3. The van der Waals surface area contributed by atoms with E-state index in [2.05, 4.69) is 30.0 Å². The van der Waals surface area contributed by atoms with Crippen molar-refractivity contribution in [3.63, 3.8) is 0 Å². The van der Waals surface area contributed by atoms with Gasteiger partial charge >= 0.3 is 5.97 Å². The Labute approximate surface area is 148 Å². The Morgan fingerprint density at radius 1 is 1.23 bits per heavy atom. The van der Waals surface area contributed by atoms with E-state index in [0.717, 1.165) is 0 Å². The molecule has 134 valence electrons. The molecule has 0 saturated heterocycles. The smallest absolute Gasteiger partial charge is 0.356 e. The van der Waals surface area contributed by atoms with Gasteiger partial charge in [-0.3, -0.25) is 4.79 Å². The molecule has 3 N–H and O–H groups in total. The number of carbonyl (C=O) groups excluding carboxylic acids is 2. The van der Waals surface area contributed by atoms with E-state index in [1.54, 1.807) is 17.0 Å². The van der Waals surface area contributed by atoms with Gasteiger partial charge in [-0.05, 0) is 11.6 Å². The molecule has 0 aliphatic carbocycles. The minimum Gasteiger partial charge on any atom is -0.464 e. The number of methoxy groups -OCH3 is 1. The summed E-state index contributed by atoms with van der Waals surface area (Å²) in [5.74, 6) is -0.352. The van der Waals surface area contributed by atoms with Gasteiger partial charge in [-0.25, -0.2) is 24.7 Å². The average molecular weight is 355 g/mol. The molecule has 3 heterocycles. The lowest BCUT2D eigenvalue weighted by Crippen LogP contribution is -2.28. The molecular weight excluding hydrogens is 338 g/mol. The molecule has 3 aromatic heterocycles. The van der Waals surface area contributed by atoms with E-state index in [1.807, 2.05) is 0 Å². The number of nitrogens with zero attached hydrogens (tertiary/aromatic N) is 5. The minimum atomic E-state index is -0.516. The summed E-state index contributed by atoms with van der Waals surface area (Å²) in [5, 5.41) is 2.82. The summed E-state index contributed by atoms with van der Waals surface area (Å²) in [4.78, 5) is 39.5. The van der Waals surface area contributed by atoms with Crippen LogP contribution < -0.4 is 11.1 Å². The van der Waals surface area contributed by atoms with Crippen molar-refractivity contribution in [2.45, 2.75) is 13.0 Å². The Hall–Kier alpha value is -3.56. The summed E-state index contributed by atoms with van der Waals surface area (Å²) >= 11 is 0. The molecule has 3 rings (SSSR count). The van der Waals surface area contributed by atoms with Crippen LogP contribution in [0.1, 0.15) is 16.1 Å². The average Bonchev–Trinajstić information content (AvgIpc) is 3.06. The molecule has 1 amide bonds. The number of amides is 1. The second kappa shape index (κ2) is 7.55. The molecule has 0 radical (unpaired) electrons. The topological polar surface area (TPSA) is 138 Å². The first kappa shape index (κ1) is 17.3. The number of hydrogen-bond donors (Lipinski definition) is 2. The standard InChI is InChI=1S/C16H17N7O3/c1-26-16(25)11-3-2-10(7-19-11)6-12(24)18-4-5-23-9-22-13-14(17)20-8-21-15(13)23/h2-3,7-9H,4-6H2,1H3,(H,18,24)(H2,17,20,21). The number of hydrogen-bond acceptors (Lipinski definition) is 8. The zero-order valence-corrected chi connectivity index (χ0v) is 14.0. The van der Waals surface area contributed by atoms with E-state index < -0.39 is 5.97 Å². The summed E-state index contributed by atoms with van der Waals surface area (Å²) in [7, 11) is 1.29. The van der Waals surface area contributed by atoms with Gasteiger partial charge in [-0.1, -0.05) is 6.07 Å². The van der Waals surface area contributed by atoms with Crippen molar-refractivity contribution in [2.24, 2.45) is 0 Å². The number of fused-ring (bicyclic) bond motifs is 1. The molecule has 0 aromatic carbocycles. The normalized spacial score (nSPS) is 10.7. The van der Waals surface area contributed by atoms with Crippen LogP contribution in [0.15, 0.2) is 31.0 Å². The maximum atomic E-state index is 12.0. The Kier molecular flexibility index (Phi) is 5.02. The number of pyridine rings is 1. The third-order valence-corrected chi connectivity index (χ3v) is 3.69. The van der Waals surface area contributed by atoms with E-state index in [1.165, 1.54) is 25.7 Å². The molecule has 0 fully saturated rings. The van der Waals surface area contributed by atoms with Crippen LogP contribution in [0.25, 0.3) is 11.2 Å². The largest absolute Gasteiger partial charge is 0.464 e. The molecule has 0 spiro atoms. The summed E-state index contributed by atoms with van der Waals surface area (Å²) < 4.78 is 6.37. The number of imidazole rings is 1. The minimum absolute atomic E-state index is 0.156. The molecule has 0 aliphatic rings. The molecule has 0 unspecified atom stereocenters. The van der Waals surface area contributed by atoms with Crippen LogP contribution in [0.3, 0.4) is 0 Å². The Bertz CT molecular complexity index is 937. The first-order valence-corrected chi connectivity index (χ1v) is 7.79. The second-order valence-electron chi connectivity index (χ2n) is 5.44. The van der Waals surface area contributed by atoms with E-state index in [4.69, 9.17) is 5.73 Å². The summed E-state index contributed by atoms with van der Waals surface area (Å²) in [6, 6.07) is 3.19. The molecule has 0 bridgehead atoms. The maximum absolute atomic E-state index is 12.0. The van der Waals surface area contributed by atoms with E-state index >= 15 is 0 Å². The third-order valence-electron chi connectivity index (χ3n) is 3.69. The quantitative estimate of drug-likeness (QED) is 0.587. The first-order chi connectivity index (χ1) is 12.6. The summed E-state index contributed by atoms with van der Waals surface area (Å²) in [6.45, 7) is 0.903. The highest BCUT2D eigenvalue weighted by atomic mass is 16.5. The highest BCUT2D eigenvalue weighted by Gasteiger charge is 2.10. The summed E-state index contributed by atoms with van der Waals surface area (Å²) in [6.07, 6.45) is 4.62. The van der Waals surface area contributed by atoms with Crippen LogP contribution in [-0.2, 0) is 22.5 Å². The number of rotatable bonds is 6. The van der Waals surface area contributed by atoms with Crippen molar-refractivity contribution in [3.05, 3.63) is 42.2 Å².